The lowest BCUT2D eigenvalue weighted by atomic mass is 10.1. The lowest BCUT2D eigenvalue weighted by molar-refractivity contribution is -0.144. The van der Waals surface area contributed by atoms with Crippen LogP contribution in [-0.2, 0) is 16.6 Å². The van der Waals surface area contributed by atoms with Crippen LogP contribution in [-0.4, -0.2) is 29.0 Å². The minimum Gasteiger partial charge on any atom is -0.452 e. The van der Waals surface area contributed by atoms with Crippen molar-refractivity contribution in [2.75, 3.05) is 6.61 Å². The smallest absolute Gasteiger partial charge is 0.340 e. The molecule has 2 aromatic carbocycles. The Morgan fingerprint density at radius 3 is 2.87 bits per heavy atom. The molecular formula is C24H21NO5. The molecule has 3 aromatic rings. The van der Waals surface area contributed by atoms with Gasteiger partial charge in [-0.25, -0.2) is 4.79 Å². The minimum atomic E-state index is -0.526. The summed E-state index contributed by atoms with van der Waals surface area (Å²) >= 11 is 0. The van der Waals surface area contributed by atoms with Crippen LogP contribution >= 0.6 is 0 Å². The molecule has 6 heteroatoms. The van der Waals surface area contributed by atoms with E-state index in [9.17, 15) is 9.59 Å². The fraction of sp³-hybridized carbons (Fsp3) is 0.250. The molecule has 0 amide bonds. The highest BCUT2D eigenvalue weighted by Gasteiger charge is 2.32. The van der Waals surface area contributed by atoms with E-state index < -0.39 is 12.1 Å². The van der Waals surface area contributed by atoms with Gasteiger partial charge in [-0.1, -0.05) is 18.2 Å². The summed E-state index contributed by atoms with van der Waals surface area (Å²) < 4.78 is 18.9. The van der Waals surface area contributed by atoms with Crippen molar-refractivity contribution in [3.63, 3.8) is 0 Å². The van der Waals surface area contributed by atoms with Gasteiger partial charge in [-0.3, -0.25) is 4.79 Å². The number of ketones is 1. The maximum Gasteiger partial charge on any atom is 0.340 e. The molecule has 0 aliphatic carbocycles. The van der Waals surface area contributed by atoms with E-state index in [1.54, 1.807) is 25.1 Å². The standard InChI is InChI=1S/C24H21NO5/c1-14-19(30-24(27)20-8-5-11-28-20)10-9-17-22(26)21(29-23(14)17)12-15-13-25(2)18-7-4-3-6-16(15)18/h3-4,6-7,9-10,12-13,20H,5,8,11H2,1-2H3/b21-12-. The van der Waals surface area contributed by atoms with E-state index in [0.29, 0.717) is 35.7 Å². The number of hydrogen-bond donors (Lipinski definition) is 0. The van der Waals surface area contributed by atoms with Crippen LogP contribution in [0, 0.1) is 6.92 Å². The number of para-hydroxylation sites is 1. The summed E-state index contributed by atoms with van der Waals surface area (Å²) in [6.45, 7) is 2.36. The van der Waals surface area contributed by atoms with Gasteiger partial charge in [0.1, 0.15) is 11.5 Å². The second-order valence-corrected chi connectivity index (χ2v) is 7.64. The molecule has 6 nitrogen and oxygen atoms in total. The predicted molar refractivity (Wildman–Crippen MR) is 112 cm³/mol. The number of hydrogen-bond acceptors (Lipinski definition) is 5. The number of rotatable bonds is 3. The Morgan fingerprint density at radius 1 is 1.23 bits per heavy atom. The van der Waals surface area contributed by atoms with Crippen LogP contribution in [0.4, 0.5) is 0 Å². The summed E-state index contributed by atoms with van der Waals surface area (Å²) in [5.74, 6) is 0.481. The molecule has 0 N–H and O–H groups in total. The molecule has 1 aromatic heterocycles. The van der Waals surface area contributed by atoms with Gasteiger partial charge < -0.3 is 18.8 Å². The van der Waals surface area contributed by atoms with Gasteiger partial charge in [-0.15, -0.1) is 0 Å². The highest BCUT2D eigenvalue weighted by molar-refractivity contribution is 6.15. The average Bonchev–Trinajstić information content (AvgIpc) is 3.46. The fourth-order valence-electron chi connectivity index (χ4n) is 4.05. The van der Waals surface area contributed by atoms with E-state index in [1.807, 2.05) is 42.1 Å². The van der Waals surface area contributed by atoms with E-state index in [1.165, 1.54) is 0 Å². The first-order valence-electron chi connectivity index (χ1n) is 9.98. The van der Waals surface area contributed by atoms with Gasteiger partial charge >= 0.3 is 5.97 Å². The predicted octanol–water partition coefficient (Wildman–Crippen LogP) is 4.19. The van der Waals surface area contributed by atoms with Crippen molar-refractivity contribution in [3.05, 3.63) is 65.0 Å². The maximum atomic E-state index is 12.9. The molecule has 5 rings (SSSR count). The van der Waals surface area contributed by atoms with Crippen molar-refractivity contribution in [1.29, 1.82) is 0 Å². The number of Topliss-reactive ketones (excluding diaryl/α,β-unsaturated/α-hetero) is 1. The second kappa shape index (κ2) is 7.15. The zero-order chi connectivity index (χ0) is 20.8. The van der Waals surface area contributed by atoms with Crippen molar-refractivity contribution in [2.24, 2.45) is 7.05 Å². The number of allylic oxidation sites excluding steroid dienone is 1. The first-order chi connectivity index (χ1) is 14.5. The van der Waals surface area contributed by atoms with Crippen molar-refractivity contribution in [2.45, 2.75) is 25.9 Å². The summed E-state index contributed by atoms with van der Waals surface area (Å²) in [6.07, 6.45) is 4.72. The Bertz CT molecular complexity index is 1210. The molecule has 2 aliphatic rings. The second-order valence-electron chi connectivity index (χ2n) is 7.64. The van der Waals surface area contributed by atoms with Crippen LogP contribution in [0.5, 0.6) is 11.5 Å². The molecule has 0 spiro atoms. The normalized spacial score (nSPS) is 19.3. The molecule has 30 heavy (non-hydrogen) atoms. The fourth-order valence-corrected chi connectivity index (χ4v) is 4.05. The zero-order valence-electron chi connectivity index (χ0n) is 16.8. The number of carbonyl (C=O) groups excluding carboxylic acids is 2. The van der Waals surface area contributed by atoms with Gasteiger partial charge in [-0.2, -0.15) is 0 Å². The highest BCUT2D eigenvalue weighted by Crippen LogP contribution is 2.40. The van der Waals surface area contributed by atoms with Crippen LogP contribution < -0.4 is 9.47 Å². The molecule has 1 unspecified atom stereocenters. The third kappa shape index (κ3) is 3.00. The number of aryl methyl sites for hydroxylation is 1. The van der Waals surface area contributed by atoms with E-state index in [4.69, 9.17) is 14.2 Å². The van der Waals surface area contributed by atoms with Crippen LogP contribution in [0.2, 0.25) is 0 Å². The molecular weight excluding hydrogens is 382 g/mol. The zero-order valence-corrected chi connectivity index (χ0v) is 16.8. The first-order valence-corrected chi connectivity index (χ1v) is 9.98. The van der Waals surface area contributed by atoms with Crippen molar-refractivity contribution >= 4 is 28.7 Å². The number of ether oxygens (including phenoxy) is 3. The largest absolute Gasteiger partial charge is 0.452 e. The number of esters is 1. The molecule has 0 saturated carbocycles. The average molecular weight is 403 g/mol. The molecule has 152 valence electrons. The summed E-state index contributed by atoms with van der Waals surface area (Å²) in [6, 6.07) is 11.3. The van der Waals surface area contributed by atoms with Crippen molar-refractivity contribution in [1.82, 2.24) is 4.57 Å². The molecule has 2 aliphatic heterocycles. The Hall–Kier alpha value is -3.38. The van der Waals surface area contributed by atoms with E-state index in [0.717, 1.165) is 22.9 Å². The van der Waals surface area contributed by atoms with E-state index >= 15 is 0 Å². The van der Waals surface area contributed by atoms with Crippen LogP contribution in [0.1, 0.15) is 34.3 Å². The Labute approximate surface area is 173 Å². The van der Waals surface area contributed by atoms with Gasteiger partial charge in [-0.05, 0) is 44.0 Å². The van der Waals surface area contributed by atoms with Gasteiger partial charge in [0.05, 0.1) is 5.56 Å². The Balaban J connectivity index is 1.46. The summed E-state index contributed by atoms with van der Waals surface area (Å²) in [4.78, 5) is 25.2. The lowest BCUT2D eigenvalue weighted by Crippen LogP contribution is -2.25. The third-order valence-electron chi connectivity index (χ3n) is 5.65. The summed E-state index contributed by atoms with van der Waals surface area (Å²) in [5.41, 5.74) is 3.07. The number of carbonyl (C=O) groups is 2. The van der Waals surface area contributed by atoms with Crippen molar-refractivity contribution < 1.29 is 23.8 Å². The van der Waals surface area contributed by atoms with Crippen molar-refractivity contribution in [3.8, 4) is 11.5 Å². The van der Waals surface area contributed by atoms with Crippen LogP contribution in [0.25, 0.3) is 17.0 Å². The number of fused-ring (bicyclic) bond motifs is 2. The van der Waals surface area contributed by atoms with E-state index in [-0.39, 0.29) is 11.5 Å². The minimum absolute atomic E-state index is 0.182. The monoisotopic (exact) mass is 403 g/mol. The third-order valence-corrected chi connectivity index (χ3v) is 5.65. The number of nitrogens with zero attached hydrogens (tertiary/aromatic N) is 1. The Morgan fingerprint density at radius 2 is 2.07 bits per heavy atom. The van der Waals surface area contributed by atoms with Gasteiger partial charge in [0.15, 0.2) is 11.9 Å². The van der Waals surface area contributed by atoms with Gasteiger partial charge in [0, 0.05) is 41.9 Å². The quantitative estimate of drug-likeness (QED) is 0.373. The Kier molecular flexibility index (Phi) is 4.44. The molecule has 0 radical (unpaired) electrons. The van der Waals surface area contributed by atoms with Crippen LogP contribution in [0.3, 0.4) is 0 Å². The number of benzene rings is 2. The number of aromatic nitrogens is 1. The van der Waals surface area contributed by atoms with Gasteiger partial charge in [0.25, 0.3) is 0 Å². The molecule has 1 fully saturated rings. The topological polar surface area (TPSA) is 66.8 Å². The molecule has 1 saturated heterocycles. The lowest BCUT2D eigenvalue weighted by Gasteiger charge is -2.12. The summed E-state index contributed by atoms with van der Waals surface area (Å²) in [5, 5.41) is 1.04. The van der Waals surface area contributed by atoms with E-state index in [2.05, 4.69) is 0 Å². The SMILES string of the molecule is Cc1c(OC(=O)C2CCCO2)ccc2c1O/C(=C\c1cn(C)c3ccccc13)C2=O. The van der Waals surface area contributed by atoms with Crippen LogP contribution in [0.15, 0.2) is 48.4 Å². The summed E-state index contributed by atoms with van der Waals surface area (Å²) in [7, 11) is 1.97. The highest BCUT2D eigenvalue weighted by atomic mass is 16.6. The maximum absolute atomic E-state index is 12.9. The molecule has 3 heterocycles. The first kappa shape index (κ1) is 18.6. The van der Waals surface area contributed by atoms with Gasteiger partial charge in [0.2, 0.25) is 5.78 Å². The molecule has 0 bridgehead atoms. The molecule has 1 atom stereocenters.